The Morgan fingerprint density at radius 1 is 1.55 bits per heavy atom. The average Bonchev–Trinajstić information content (AvgIpc) is 1.85. The SMILES string of the molecule is C[C@@H](N)c1c(O)cccc1Br. The molecule has 3 heteroatoms. The van der Waals surface area contributed by atoms with Crippen LogP contribution in [0.4, 0.5) is 0 Å². The third-order valence-electron chi connectivity index (χ3n) is 1.49. The quantitative estimate of drug-likeness (QED) is 0.755. The van der Waals surface area contributed by atoms with Crippen LogP contribution in [0.25, 0.3) is 0 Å². The molecule has 11 heavy (non-hydrogen) atoms. The van der Waals surface area contributed by atoms with Gasteiger partial charge in [-0.05, 0) is 19.1 Å². The Morgan fingerprint density at radius 2 is 2.18 bits per heavy atom. The van der Waals surface area contributed by atoms with E-state index in [0.717, 1.165) is 10.0 Å². The van der Waals surface area contributed by atoms with Crippen LogP contribution in [0.3, 0.4) is 0 Å². The second kappa shape index (κ2) is 3.24. The van der Waals surface area contributed by atoms with Gasteiger partial charge in [0.25, 0.3) is 0 Å². The van der Waals surface area contributed by atoms with Crippen molar-refractivity contribution in [3.63, 3.8) is 0 Å². The van der Waals surface area contributed by atoms with E-state index in [9.17, 15) is 5.11 Å². The average molecular weight is 216 g/mol. The van der Waals surface area contributed by atoms with Crippen molar-refractivity contribution in [2.75, 3.05) is 0 Å². The van der Waals surface area contributed by atoms with Crippen LogP contribution in [0.1, 0.15) is 18.5 Å². The summed E-state index contributed by atoms with van der Waals surface area (Å²) in [5, 5.41) is 9.35. The number of phenolic OH excluding ortho intramolecular Hbond substituents is 1. The third-order valence-corrected chi connectivity index (χ3v) is 2.18. The lowest BCUT2D eigenvalue weighted by Gasteiger charge is -2.09. The number of hydrogen-bond donors (Lipinski definition) is 2. The van der Waals surface area contributed by atoms with E-state index in [1.807, 2.05) is 13.0 Å². The van der Waals surface area contributed by atoms with Gasteiger partial charge < -0.3 is 10.8 Å². The van der Waals surface area contributed by atoms with Gasteiger partial charge in [-0.15, -0.1) is 0 Å². The van der Waals surface area contributed by atoms with E-state index in [2.05, 4.69) is 15.9 Å². The van der Waals surface area contributed by atoms with Crippen LogP contribution in [-0.4, -0.2) is 5.11 Å². The summed E-state index contributed by atoms with van der Waals surface area (Å²) in [6.45, 7) is 1.83. The zero-order valence-corrected chi connectivity index (χ0v) is 7.80. The zero-order valence-electron chi connectivity index (χ0n) is 6.21. The minimum Gasteiger partial charge on any atom is -0.508 e. The van der Waals surface area contributed by atoms with Crippen molar-refractivity contribution in [1.29, 1.82) is 0 Å². The van der Waals surface area contributed by atoms with Gasteiger partial charge in [-0.25, -0.2) is 0 Å². The van der Waals surface area contributed by atoms with Gasteiger partial charge in [0.05, 0.1) is 0 Å². The molecule has 2 nitrogen and oxygen atoms in total. The maximum atomic E-state index is 9.35. The predicted octanol–water partition coefficient (Wildman–Crippen LogP) is 2.17. The van der Waals surface area contributed by atoms with Crippen LogP contribution in [-0.2, 0) is 0 Å². The molecule has 0 saturated heterocycles. The Bertz CT molecular complexity index is 240. The van der Waals surface area contributed by atoms with E-state index in [1.54, 1.807) is 12.1 Å². The van der Waals surface area contributed by atoms with Crippen LogP contribution >= 0.6 is 15.9 Å². The highest BCUT2D eigenvalue weighted by Crippen LogP contribution is 2.29. The van der Waals surface area contributed by atoms with Gasteiger partial charge >= 0.3 is 0 Å². The van der Waals surface area contributed by atoms with Crippen molar-refractivity contribution >= 4 is 15.9 Å². The second-order valence-electron chi connectivity index (χ2n) is 2.46. The van der Waals surface area contributed by atoms with Crippen LogP contribution in [0.2, 0.25) is 0 Å². The Labute approximate surface area is 74.2 Å². The Balaban J connectivity index is 3.21. The molecule has 0 amide bonds. The summed E-state index contributed by atoms with van der Waals surface area (Å²) < 4.78 is 0.854. The first kappa shape index (κ1) is 8.56. The van der Waals surface area contributed by atoms with Gasteiger partial charge in [-0.3, -0.25) is 0 Å². The monoisotopic (exact) mass is 215 g/mol. The Kier molecular flexibility index (Phi) is 2.52. The number of hydrogen-bond acceptors (Lipinski definition) is 2. The lowest BCUT2D eigenvalue weighted by Crippen LogP contribution is -2.05. The molecule has 0 bridgehead atoms. The largest absolute Gasteiger partial charge is 0.508 e. The van der Waals surface area contributed by atoms with Gasteiger partial charge in [0, 0.05) is 16.1 Å². The molecular formula is C8H10BrNO. The first-order valence-electron chi connectivity index (χ1n) is 3.36. The number of rotatable bonds is 1. The van der Waals surface area contributed by atoms with Crippen molar-refractivity contribution in [2.45, 2.75) is 13.0 Å². The fourth-order valence-corrected chi connectivity index (χ4v) is 1.69. The summed E-state index contributed by atoms with van der Waals surface area (Å²) in [6.07, 6.45) is 0. The summed E-state index contributed by atoms with van der Waals surface area (Å²) in [5.41, 5.74) is 6.38. The van der Waals surface area contributed by atoms with E-state index >= 15 is 0 Å². The molecule has 0 spiro atoms. The summed E-state index contributed by atoms with van der Waals surface area (Å²) in [4.78, 5) is 0. The standard InChI is InChI=1S/C8H10BrNO/c1-5(10)8-6(9)3-2-4-7(8)11/h2-5,11H,10H2,1H3/t5-/m1/s1. The maximum absolute atomic E-state index is 9.35. The zero-order chi connectivity index (χ0) is 8.43. The normalized spacial score (nSPS) is 13.0. The molecule has 1 atom stereocenters. The molecule has 1 aromatic carbocycles. The van der Waals surface area contributed by atoms with Gasteiger partial charge in [0.2, 0.25) is 0 Å². The molecule has 0 radical (unpaired) electrons. The molecular weight excluding hydrogens is 206 g/mol. The number of halogens is 1. The van der Waals surface area contributed by atoms with Crippen molar-refractivity contribution in [3.8, 4) is 5.75 Å². The Hall–Kier alpha value is -0.540. The first-order chi connectivity index (χ1) is 5.13. The van der Waals surface area contributed by atoms with Crippen molar-refractivity contribution < 1.29 is 5.11 Å². The maximum Gasteiger partial charge on any atom is 0.121 e. The number of benzene rings is 1. The van der Waals surface area contributed by atoms with E-state index in [1.165, 1.54) is 0 Å². The molecule has 0 aliphatic carbocycles. The van der Waals surface area contributed by atoms with Crippen LogP contribution in [0, 0.1) is 0 Å². The Morgan fingerprint density at radius 3 is 2.55 bits per heavy atom. The fraction of sp³-hybridized carbons (Fsp3) is 0.250. The van der Waals surface area contributed by atoms with Crippen molar-refractivity contribution in [1.82, 2.24) is 0 Å². The van der Waals surface area contributed by atoms with Gasteiger partial charge in [-0.2, -0.15) is 0 Å². The molecule has 0 heterocycles. The van der Waals surface area contributed by atoms with Crippen LogP contribution < -0.4 is 5.73 Å². The molecule has 0 aliphatic rings. The molecule has 1 aromatic rings. The molecule has 0 aliphatic heterocycles. The number of nitrogens with two attached hydrogens (primary N) is 1. The molecule has 0 unspecified atom stereocenters. The van der Waals surface area contributed by atoms with E-state index in [4.69, 9.17) is 5.73 Å². The van der Waals surface area contributed by atoms with Gasteiger partial charge in [0.1, 0.15) is 5.75 Å². The fourth-order valence-electron chi connectivity index (χ4n) is 0.976. The third kappa shape index (κ3) is 1.73. The van der Waals surface area contributed by atoms with Crippen molar-refractivity contribution in [2.24, 2.45) is 5.73 Å². The van der Waals surface area contributed by atoms with Crippen LogP contribution in [0.15, 0.2) is 22.7 Å². The minimum absolute atomic E-state index is 0.148. The number of phenols is 1. The minimum atomic E-state index is -0.148. The highest BCUT2D eigenvalue weighted by molar-refractivity contribution is 9.10. The van der Waals surface area contributed by atoms with E-state index in [0.29, 0.717) is 0 Å². The molecule has 3 N–H and O–H groups in total. The van der Waals surface area contributed by atoms with Gasteiger partial charge in [-0.1, -0.05) is 22.0 Å². The highest BCUT2D eigenvalue weighted by Gasteiger charge is 2.08. The van der Waals surface area contributed by atoms with Crippen LogP contribution in [0.5, 0.6) is 5.75 Å². The first-order valence-corrected chi connectivity index (χ1v) is 4.15. The smallest absolute Gasteiger partial charge is 0.121 e. The van der Waals surface area contributed by atoms with Gasteiger partial charge in [0.15, 0.2) is 0 Å². The topological polar surface area (TPSA) is 46.2 Å². The molecule has 0 aromatic heterocycles. The van der Waals surface area contributed by atoms with Crippen molar-refractivity contribution in [3.05, 3.63) is 28.2 Å². The summed E-state index contributed by atoms with van der Waals surface area (Å²) in [6, 6.07) is 5.11. The van der Waals surface area contributed by atoms with E-state index < -0.39 is 0 Å². The number of aromatic hydroxyl groups is 1. The molecule has 0 fully saturated rings. The lowest BCUT2D eigenvalue weighted by molar-refractivity contribution is 0.463. The molecule has 0 saturated carbocycles. The highest BCUT2D eigenvalue weighted by atomic mass is 79.9. The molecule has 60 valence electrons. The summed E-state index contributed by atoms with van der Waals surface area (Å²) >= 11 is 3.31. The predicted molar refractivity (Wildman–Crippen MR) is 48.4 cm³/mol. The lowest BCUT2D eigenvalue weighted by atomic mass is 10.1. The summed E-state index contributed by atoms with van der Waals surface area (Å²) in [7, 11) is 0. The summed E-state index contributed by atoms with van der Waals surface area (Å²) in [5.74, 6) is 0.245. The molecule has 1 rings (SSSR count). The second-order valence-corrected chi connectivity index (χ2v) is 3.32. The van der Waals surface area contributed by atoms with E-state index in [-0.39, 0.29) is 11.8 Å².